The molecule has 1 aliphatic heterocycles. The lowest BCUT2D eigenvalue weighted by Gasteiger charge is -2.33. The summed E-state index contributed by atoms with van der Waals surface area (Å²) in [6, 6.07) is 0.655. The Morgan fingerprint density at radius 3 is 2.57 bits per heavy atom. The Balaban J connectivity index is 2.21. The Kier molecular flexibility index (Phi) is 6.65. The quantitative estimate of drug-likeness (QED) is 0.688. The Bertz CT molecular complexity index is 135. The van der Waals surface area contributed by atoms with Crippen LogP contribution in [0.5, 0.6) is 0 Å². The molecule has 84 valence electrons. The molecule has 1 unspecified atom stereocenters. The van der Waals surface area contributed by atoms with Gasteiger partial charge in [-0.2, -0.15) is 11.8 Å². The third kappa shape index (κ3) is 4.20. The topological polar surface area (TPSA) is 29.3 Å². The molecule has 1 rings (SSSR count). The lowest BCUT2D eigenvalue weighted by molar-refractivity contribution is 0.159. The van der Waals surface area contributed by atoms with E-state index in [1.54, 1.807) is 0 Å². The molecule has 0 amide bonds. The summed E-state index contributed by atoms with van der Waals surface area (Å²) in [5, 5.41) is 0. The zero-order chi connectivity index (χ0) is 10.2. The second kappa shape index (κ2) is 7.55. The molecule has 1 heterocycles. The number of likely N-dealkylation sites (tertiary alicyclic amines) is 1. The second-order valence-electron chi connectivity index (χ2n) is 4.12. The maximum Gasteiger partial charge on any atom is 0.0218 e. The molecule has 2 N–H and O–H groups in total. The summed E-state index contributed by atoms with van der Waals surface area (Å²) in [5.74, 6) is 1.28. The summed E-state index contributed by atoms with van der Waals surface area (Å²) in [5.41, 5.74) is 5.84. The normalized spacial score (nSPS) is 21.0. The van der Waals surface area contributed by atoms with Gasteiger partial charge in [0, 0.05) is 12.6 Å². The van der Waals surface area contributed by atoms with E-state index in [1.165, 1.54) is 50.9 Å². The van der Waals surface area contributed by atoms with E-state index in [0.29, 0.717) is 6.04 Å². The van der Waals surface area contributed by atoms with Gasteiger partial charge in [-0.05, 0) is 50.8 Å². The molecule has 0 aromatic carbocycles. The van der Waals surface area contributed by atoms with Crippen LogP contribution in [0.3, 0.4) is 0 Å². The molecular formula is C11H24N2S. The van der Waals surface area contributed by atoms with Crippen LogP contribution in [0.2, 0.25) is 0 Å². The summed E-state index contributed by atoms with van der Waals surface area (Å²) in [4.78, 5) is 2.60. The van der Waals surface area contributed by atoms with E-state index >= 15 is 0 Å². The van der Waals surface area contributed by atoms with Gasteiger partial charge in [-0.1, -0.05) is 6.42 Å². The van der Waals surface area contributed by atoms with Crippen molar-refractivity contribution in [3.05, 3.63) is 0 Å². The van der Waals surface area contributed by atoms with E-state index in [-0.39, 0.29) is 0 Å². The second-order valence-corrected chi connectivity index (χ2v) is 5.11. The SMILES string of the molecule is CSCCCC(CN)N1CCCCC1. The third-order valence-corrected chi connectivity index (χ3v) is 3.76. The highest BCUT2D eigenvalue weighted by Crippen LogP contribution is 2.15. The largest absolute Gasteiger partial charge is 0.329 e. The van der Waals surface area contributed by atoms with Gasteiger partial charge in [0.05, 0.1) is 0 Å². The average molecular weight is 216 g/mol. The van der Waals surface area contributed by atoms with Crippen molar-refractivity contribution in [2.75, 3.05) is 31.6 Å². The van der Waals surface area contributed by atoms with Crippen LogP contribution in [0.25, 0.3) is 0 Å². The van der Waals surface area contributed by atoms with Crippen LogP contribution in [0, 0.1) is 0 Å². The minimum atomic E-state index is 0.655. The van der Waals surface area contributed by atoms with Gasteiger partial charge < -0.3 is 5.73 Å². The first-order chi connectivity index (χ1) is 6.88. The zero-order valence-corrected chi connectivity index (χ0v) is 10.2. The van der Waals surface area contributed by atoms with Crippen molar-refractivity contribution in [2.45, 2.75) is 38.1 Å². The molecule has 0 radical (unpaired) electrons. The van der Waals surface area contributed by atoms with Crippen molar-refractivity contribution in [3.8, 4) is 0 Å². The van der Waals surface area contributed by atoms with E-state index < -0.39 is 0 Å². The molecule has 0 saturated carbocycles. The number of rotatable bonds is 6. The highest BCUT2D eigenvalue weighted by molar-refractivity contribution is 7.98. The standard InChI is InChI=1S/C11H24N2S/c1-14-9-5-6-11(10-12)13-7-3-2-4-8-13/h11H,2-10,12H2,1H3. The van der Waals surface area contributed by atoms with Crippen molar-refractivity contribution in [2.24, 2.45) is 5.73 Å². The van der Waals surface area contributed by atoms with Crippen LogP contribution in [0.4, 0.5) is 0 Å². The number of nitrogens with two attached hydrogens (primary N) is 1. The fraction of sp³-hybridized carbons (Fsp3) is 1.00. The van der Waals surface area contributed by atoms with Crippen LogP contribution in [-0.2, 0) is 0 Å². The van der Waals surface area contributed by atoms with Crippen molar-refractivity contribution in [1.82, 2.24) is 4.90 Å². The maximum atomic E-state index is 5.84. The first-order valence-electron chi connectivity index (χ1n) is 5.81. The molecule has 1 fully saturated rings. The number of hydrogen-bond donors (Lipinski definition) is 1. The number of piperidine rings is 1. The predicted molar refractivity (Wildman–Crippen MR) is 65.9 cm³/mol. The molecule has 0 aromatic rings. The van der Waals surface area contributed by atoms with Crippen molar-refractivity contribution >= 4 is 11.8 Å². The molecule has 1 saturated heterocycles. The Morgan fingerprint density at radius 2 is 2.00 bits per heavy atom. The van der Waals surface area contributed by atoms with E-state index in [9.17, 15) is 0 Å². The van der Waals surface area contributed by atoms with Gasteiger partial charge in [0.25, 0.3) is 0 Å². The molecule has 1 atom stereocenters. The molecule has 0 aliphatic carbocycles. The van der Waals surface area contributed by atoms with Crippen LogP contribution < -0.4 is 5.73 Å². The monoisotopic (exact) mass is 216 g/mol. The number of nitrogens with zero attached hydrogens (tertiary/aromatic N) is 1. The Labute approximate surface area is 92.6 Å². The molecular weight excluding hydrogens is 192 g/mol. The van der Waals surface area contributed by atoms with Crippen molar-refractivity contribution in [3.63, 3.8) is 0 Å². The van der Waals surface area contributed by atoms with E-state index in [0.717, 1.165) is 6.54 Å². The van der Waals surface area contributed by atoms with E-state index in [4.69, 9.17) is 5.73 Å². The van der Waals surface area contributed by atoms with Crippen molar-refractivity contribution in [1.29, 1.82) is 0 Å². The summed E-state index contributed by atoms with van der Waals surface area (Å²) < 4.78 is 0. The Morgan fingerprint density at radius 1 is 1.29 bits per heavy atom. The molecule has 0 aromatic heterocycles. The molecule has 0 spiro atoms. The molecule has 3 heteroatoms. The zero-order valence-electron chi connectivity index (χ0n) is 9.37. The lowest BCUT2D eigenvalue weighted by Crippen LogP contribution is -2.43. The predicted octanol–water partition coefficient (Wildman–Crippen LogP) is 1.94. The van der Waals surface area contributed by atoms with Crippen molar-refractivity contribution < 1.29 is 0 Å². The Hall–Kier alpha value is 0.270. The fourth-order valence-corrected chi connectivity index (χ4v) is 2.65. The summed E-state index contributed by atoms with van der Waals surface area (Å²) in [6.07, 6.45) is 8.95. The molecule has 14 heavy (non-hydrogen) atoms. The van der Waals surface area contributed by atoms with Gasteiger partial charge >= 0.3 is 0 Å². The number of thioether (sulfide) groups is 1. The highest BCUT2D eigenvalue weighted by atomic mass is 32.2. The first kappa shape index (κ1) is 12.3. The maximum absolute atomic E-state index is 5.84. The van der Waals surface area contributed by atoms with Gasteiger partial charge in [-0.25, -0.2) is 0 Å². The van der Waals surface area contributed by atoms with E-state index in [2.05, 4.69) is 11.2 Å². The summed E-state index contributed by atoms with van der Waals surface area (Å²) in [7, 11) is 0. The van der Waals surface area contributed by atoms with Gasteiger partial charge in [0.2, 0.25) is 0 Å². The minimum absolute atomic E-state index is 0.655. The van der Waals surface area contributed by atoms with E-state index in [1.807, 2.05) is 11.8 Å². The summed E-state index contributed by atoms with van der Waals surface area (Å²) >= 11 is 1.94. The van der Waals surface area contributed by atoms with Crippen LogP contribution in [-0.4, -0.2) is 42.6 Å². The fourth-order valence-electron chi connectivity index (χ4n) is 2.20. The van der Waals surface area contributed by atoms with Gasteiger partial charge in [-0.3, -0.25) is 4.90 Å². The highest BCUT2D eigenvalue weighted by Gasteiger charge is 2.18. The van der Waals surface area contributed by atoms with Crippen LogP contribution in [0.1, 0.15) is 32.1 Å². The average Bonchev–Trinajstić information content (AvgIpc) is 2.26. The summed E-state index contributed by atoms with van der Waals surface area (Å²) in [6.45, 7) is 3.40. The lowest BCUT2D eigenvalue weighted by atomic mass is 10.1. The molecule has 1 aliphatic rings. The van der Waals surface area contributed by atoms with Gasteiger partial charge in [0.1, 0.15) is 0 Å². The first-order valence-corrected chi connectivity index (χ1v) is 7.21. The molecule has 2 nitrogen and oxygen atoms in total. The smallest absolute Gasteiger partial charge is 0.0218 e. The van der Waals surface area contributed by atoms with Crippen LogP contribution >= 0.6 is 11.8 Å². The van der Waals surface area contributed by atoms with Gasteiger partial charge in [-0.15, -0.1) is 0 Å². The van der Waals surface area contributed by atoms with Crippen LogP contribution in [0.15, 0.2) is 0 Å². The molecule has 0 bridgehead atoms. The number of hydrogen-bond acceptors (Lipinski definition) is 3. The third-order valence-electron chi connectivity index (χ3n) is 3.06. The minimum Gasteiger partial charge on any atom is -0.329 e. The van der Waals surface area contributed by atoms with Gasteiger partial charge in [0.15, 0.2) is 0 Å².